The van der Waals surface area contributed by atoms with Gasteiger partial charge in [-0.05, 0) is 30.2 Å². The summed E-state index contributed by atoms with van der Waals surface area (Å²) >= 11 is 6.07. The maximum atomic E-state index is 12.1. The van der Waals surface area contributed by atoms with E-state index in [0.717, 1.165) is 5.56 Å². The number of carbonyl (C=O) groups excluding carboxylic acids is 1. The molecule has 1 amide bonds. The van der Waals surface area contributed by atoms with Gasteiger partial charge < -0.3 is 19.5 Å². The lowest BCUT2D eigenvalue weighted by atomic mass is 10.1. The molecule has 0 spiro atoms. The predicted octanol–water partition coefficient (Wildman–Crippen LogP) is 2.01. The van der Waals surface area contributed by atoms with E-state index in [1.165, 1.54) is 11.0 Å². The molecule has 1 fully saturated rings. The Hall–Kier alpha value is -2.21. The van der Waals surface area contributed by atoms with Crippen molar-refractivity contribution in [3.8, 4) is 11.5 Å². The lowest BCUT2D eigenvalue weighted by Gasteiger charge is -2.12. The highest BCUT2D eigenvalue weighted by molar-refractivity contribution is 6.32. The molecular weight excluding hydrogens is 310 g/mol. The second-order valence-corrected chi connectivity index (χ2v) is 5.59. The Morgan fingerprint density at radius 1 is 1.36 bits per heavy atom. The van der Waals surface area contributed by atoms with Crippen LogP contribution in [0.1, 0.15) is 12.0 Å². The molecule has 0 saturated carbocycles. The number of ether oxygens (including phenoxy) is 2. The highest BCUT2D eigenvalue weighted by Crippen LogP contribution is 2.40. The number of benzene rings is 1. The molecular formula is C15H14ClNO5. The molecule has 2 aliphatic rings. The molecule has 116 valence electrons. The van der Waals surface area contributed by atoms with E-state index in [0.29, 0.717) is 29.5 Å². The van der Waals surface area contributed by atoms with Crippen LogP contribution in [-0.4, -0.2) is 41.8 Å². The summed E-state index contributed by atoms with van der Waals surface area (Å²) in [6, 6.07) is 3.42. The van der Waals surface area contributed by atoms with Gasteiger partial charge in [0.05, 0.1) is 10.9 Å². The highest BCUT2D eigenvalue weighted by atomic mass is 35.5. The maximum absolute atomic E-state index is 12.1. The topological polar surface area (TPSA) is 76.1 Å². The Labute approximate surface area is 131 Å². The molecule has 2 heterocycles. The maximum Gasteiger partial charge on any atom is 0.308 e. The first-order chi connectivity index (χ1) is 10.5. The molecule has 22 heavy (non-hydrogen) atoms. The van der Waals surface area contributed by atoms with E-state index >= 15 is 0 Å². The van der Waals surface area contributed by atoms with Crippen LogP contribution >= 0.6 is 11.6 Å². The number of hydrogen-bond donors (Lipinski definition) is 1. The second-order valence-electron chi connectivity index (χ2n) is 5.18. The number of likely N-dealkylation sites (tertiary alicyclic amines) is 1. The van der Waals surface area contributed by atoms with Crippen LogP contribution in [0.15, 0.2) is 18.2 Å². The van der Waals surface area contributed by atoms with Gasteiger partial charge >= 0.3 is 5.97 Å². The Morgan fingerprint density at radius 3 is 2.91 bits per heavy atom. The molecule has 1 saturated heterocycles. The van der Waals surface area contributed by atoms with E-state index in [9.17, 15) is 9.59 Å². The molecule has 1 N–H and O–H groups in total. The number of rotatable bonds is 3. The van der Waals surface area contributed by atoms with Gasteiger partial charge in [-0.3, -0.25) is 9.59 Å². The third-order valence-corrected chi connectivity index (χ3v) is 4.00. The van der Waals surface area contributed by atoms with Gasteiger partial charge in [-0.25, -0.2) is 0 Å². The fraction of sp³-hybridized carbons (Fsp3) is 0.333. The molecule has 3 rings (SSSR count). The van der Waals surface area contributed by atoms with Crippen molar-refractivity contribution in [1.82, 2.24) is 4.90 Å². The zero-order valence-electron chi connectivity index (χ0n) is 11.6. The van der Waals surface area contributed by atoms with Crippen LogP contribution in [0.5, 0.6) is 11.5 Å². The largest absolute Gasteiger partial charge is 0.481 e. The highest BCUT2D eigenvalue weighted by Gasteiger charge is 2.29. The molecule has 1 unspecified atom stereocenters. The van der Waals surface area contributed by atoms with Crippen LogP contribution in [0.2, 0.25) is 5.02 Å². The number of nitrogens with zero attached hydrogens (tertiary/aromatic N) is 1. The first-order valence-corrected chi connectivity index (χ1v) is 7.21. The third-order valence-electron chi connectivity index (χ3n) is 3.72. The minimum Gasteiger partial charge on any atom is -0.481 e. The number of carbonyl (C=O) groups is 2. The van der Waals surface area contributed by atoms with Crippen molar-refractivity contribution in [1.29, 1.82) is 0 Å². The van der Waals surface area contributed by atoms with E-state index in [1.807, 2.05) is 0 Å². The summed E-state index contributed by atoms with van der Waals surface area (Å²) in [7, 11) is 0. The van der Waals surface area contributed by atoms with Gasteiger partial charge in [0.1, 0.15) is 0 Å². The molecule has 7 heteroatoms. The normalized spacial score (nSPS) is 19.9. The average Bonchev–Trinajstić information content (AvgIpc) is 3.13. The van der Waals surface area contributed by atoms with Crippen LogP contribution in [0.3, 0.4) is 0 Å². The SMILES string of the molecule is O=C(O)C1CCN(C(=O)/C=C/c2cc(Cl)c3c(c2)OCO3)C1. The van der Waals surface area contributed by atoms with Crippen molar-refractivity contribution in [2.45, 2.75) is 6.42 Å². The quantitative estimate of drug-likeness (QED) is 0.861. The molecule has 1 aromatic carbocycles. The summed E-state index contributed by atoms with van der Waals surface area (Å²) in [5, 5.41) is 9.37. The number of aliphatic carboxylic acids is 1. The molecule has 6 nitrogen and oxygen atoms in total. The number of amides is 1. The van der Waals surface area contributed by atoms with Crippen LogP contribution < -0.4 is 9.47 Å². The number of fused-ring (bicyclic) bond motifs is 1. The van der Waals surface area contributed by atoms with Crippen molar-refractivity contribution in [3.05, 3.63) is 28.8 Å². The van der Waals surface area contributed by atoms with E-state index in [4.69, 9.17) is 26.2 Å². The fourth-order valence-corrected chi connectivity index (χ4v) is 2.79. The van der Waals surface area contributed by atoms with Gasteiger partial charge in [-0.15, -0.1) is 0 Å². The Kier molecular flexibility index (Phi) is 3.94. The summed E-state index contributed by atoms with van der Waals surface area (Å²) in [6.45, 7) is 0.841. The summed E-state index contributed by atoms with van der Waals surface area (Å²) in [6.07, 6.45) is 3.53. The number of carboxylic acid groups (broad SMARTS) is 1. The molecule has 0 radical (unpaired) electrons. The summed E-state index contributed by atoms with van der Waals surface area (Å²) < 4.78 is 10.5. The second kappa shape index (κ2) is 5.88. The van der Waals surface area contributed by atoms with Crippen molar-refractivity contribution >= 4 is 29.6 Å². The number of carboxylic acids is 1. The monoisotopic (exact) mass is 323 g/mol. The van der Waals surface area contributed by atoms with Crippen molar-refractivity contribution < 1.29 is 24.2 Å². The van der Waals surface area contributed by atoms with Gasteiger partial charge in [0.2, 0.25) is 12.7 Å². The Balaban J connectivity index is 1.68. The summed E-state index contributed by atoms with van der Waals surface area (Å²) in [5.41, 5.74) is 0.719. The molecule has 0 bridgehead atoms. The van der Waals surface area contributed by atoms with Crippen molar-refractivity contribution in [3.63, 3.8) is 0 Å². The zero-order chi connectivity index (χ0) is 15.7. The fourth-order valence-electron chi connectivity index (χ4n) is 2.52. The zero-order valence-corrected chi connectivity index (χ0v) is 12.4. The van der Waals surface area contributed by atoms with Gasteiger partial charge in [0.15, 0.2) is 11.5 Å². The summed E-state index contributed by atoms with van der Waals surface area (Å²) in [5.74, 6) is -0.489. The van der Waals surface area contributed by atoms with Crippen LogP contribution in [0.25, 0.3) is 6.08 Å². The van der Waals surface area contributed by atoms with Crippen LogP contribution in [-0.2, 0) is 9.59 Å². The van der Waals surface area contributed by atoms with Crippen LogP contribution in [0, 0.1) is 5.92 Å². The van der Waals surface area contributed by atoms with E-state index in [2.05, 4.69) is 0 Å². The molecule has 0 aliphatic carbocycles. The standard InChI is InChI=1S/C15H14ClNO5/c16-11-5-9(6-12-14(11)22-8-21-12)1-2-13(18)17-4-3-10(7-17)15(19)20/h1-2,5-6,10H,3-4,7-8H2,(H,19,20)/b2-1+. The number of halogens is 1. The third kappa shape index (κ3) is 2.87. The van der Waals surface area contributed by atoms with Crippen molar-refractivity contribution in [2.24, 2.45) is 5.92 Å². The molecule has 2 aliphatic heterocycles. The van der Waals surface area contributed by atoms with Crippen molar-refractivity contribution in [2.75, 3.05) is 19.9 Å². The predicted molar refractivity (Wildman–Crippen MR) is 78.9 cm³/mol. The molecule has 0 aromatic heterocycles. The Bertz CT molecular complexity index is 658. The van der Waals surface area contributed by atoms with Gasteiger partial charge in [-0.1, -0.05) is 11.6 Å². The lowest BCUT2D eigenvalue weighted by molar-refractivity contribution is -0.141. The Morgan fingerprint density at radius 2 is 2.18 bits per heavy atom. The average molecular weight is 324 g/mol. The molecule has 1 aromatic rings. The number of hydrogen-bond acceptors (Lipinski definition) is 4. The van der Waals surface area contributed by atoms with Gasteiger partial charge in [0.25, 0.3) is 0 Å². The van der Waals surface area contributed by atoms with Gasteiger partial charge in [0, 0.05) is 19.2 Å². The smallest absolute Gasteiger partial charge is 0.308 e. The first-order valence-electron chi connectivity index (χ1n) is 6.83. The first kappa shape index (κ1) is 14.7. The van der Waals surface area contributed by atoms with Gasteiger partial charge in [-0.2, -0.15) is 0 Å². The lowest BCUT2D eigenvalue weighted by Crippen LogP contribution is -2.28. The van der Waals surface area contributed by atoms with E-state index < -0.39 is 11.9 Å². The van der Waals surface area contributed by atoms with Crippen LogP contribution in [0.4, 0.5) is 0 Å². The minimum absolute atomic E-state index is 0.130. The minimum atomic E-state index is -0.859. The molecule has 1 atom stereocenters. The summed E-state index contributed by atoms with van der Waals surface area (Å²) in [4.78, 5) is 24.5. The van der Waals surface area contributed by atoms with E-state index in [-0.39, 0.29) is 19.2 Å². The van der Waals surface area contributed by atoms with E-state index in [1.54, 1.807) is 18.2 Å².